The van der Waals surface area contributed by atoms with E-state index in [2.05, 4.69) is 5.32 Å². The Labute approximate surface area is 149 Å². The summed E-state index contributed by atoms with van der Waals surface area (Å²) in [6.45, 7) is 5.84. The molecule has 1 aromatic carbocycles. The molecule has 0 saturated carbocycles. The molecule has 6 nitrogen and oxygen atoms in total. The van der Waals surface area contributed by atoms with Crippen molar-refractivity contribution in [3.63, 3.8) is 0 Å². The molecule has 6 heteroatoms. The van der Waals surface area contributed by atoms with Gasteiger partial charge in [0.05, 0.1) is 6.61 Å². The van der Waals surface area contributed by atoms with Crippen LogP contribution < -0.4 is 10.1 Å². The molecule has 140 valence electrons. The smallest absolute Gasteiger partial charge is 0.325 e. The molecule has 0 bridgehead atoms. The van der Waals surface area contributed by atoms with Crippen molar-refractivity contribution in [2.75, 3.05) is 19.8 Å². The van der Waals surface area contributed by atoms with Gasteiger partial charge in [-0.15, -0.1) is 0 Å². The molecule has 0 aliphatic carbocycles. The molecule has 25 heavy (non-hydrogen) atoms. The van der Waals surface area contributed by atoms with E-state index in [0.717, 1.165) is 24.2 Å². The van der Waals surface area contributed by atoms with Gasteiger partial charge in [-0.2, -0.15) is 0 Å². The third-order valence-electron chi connectivity index (χ3n) is 3.21. The lowest BCUT2D eigenvalue weighted by molar-refractivity contribution is -0.154. The van der Waals surface area contributed by atoms with Crippen molar-refractivity contribution >= 4 is 11.9 Å². The van der Waals surface area contributed by atoms with Crippen LogP contribution in [-0.4, -0.2) is 42.3 Å². The molecule has 2 N–H and O–H groups in total. The number of rotatable bonds is 10. The molecule has 1 amide bonds. The third-order valence-corrected chi connectivity index (χ3v) is 3.21. The first kappa shape index (κ1) is 21.0. The molecule has 1 aromatic rings. The van der Waals surface area contributed by atoms with Crippen molar-refractivity contribution in [3.8, 4) is 5.75 Å². The first-order chi connectivity index (χ1) is 11.8. The average Bonchev–Trinajstić information content (AvgIpc) is 2.54. The summed E-state index contributed by atoms with van der Waals surface area (Å²) >= 11 is 0. The molecule has 0 aliphatic rings. The lowest BCUT2D eigenvalue weighted by Crippen LogP contribution is -2.34. The highest BCUT2D eigenvalue weighted by molar-refractivity contribution is 5.81. The number of carbonyl (C=O) groups excluding carboxylic acids is 2. The number of nitrogens with one attached hydrogen (secondary N) is 1. The van der Waals surface area contributed by atoms with Gasteiger partial charge in [0.2, 0.25) is 5.91 Å². The Morgan fingerprint density at radius 3 is 2.40 bits per heavy atom. The number of hydrogen-bond donors (Lipinski definition) is 2. The SMILES string of the molecule is CC(C)(C)OC(=O)CNC(=O)CCCOc1ccc(CCCO)cc1. The number of carbonyl (C=O) groups is 2. The van der Waals surface area contributed by atoms with Crippen LogP contribution in [0.2, 0.25) is 0 Å². The second-order valence-electron chi connectivity index (χ2n) is 6.79. The van der Waals surface area contributed by atoms with E-state index in [-0.39, 0.29) is 25.5 Å². The van der Waals surface area contributed by atoms with Crippen molar-refractivity contribution in [2.24, 2.45) is 0 Å². The Bertz CT molecular complexity index is 534. The van der Waals surface area contributed by atoms with Crippen LogP contribution in [0.5, 0.6) is 5.75 Å². The van der Waals surface area contributed by atoms with Crippen LogP contribution >= 0.6 is 0 Å². The van der Waals surface area contributed by atoms with Gasteiger partial charge in [0.25, 0.3) is 0 Å². The summed E-state index contributed by atoms with van der Waals surface area (Å²) in [7, 11) is 0. The fourth-order valence-corrected chi connectivity index (χ4v) is 2.10. The zero-order valence-electron chi connectivity index (χ0n) is 15.3. The van der Waals surface area contributed by atoms with Crippen molar-refractivity contribution in [2.45, 2.75) is 52.1 Å². The zero-order chi connectivity index (χ0) is 18.7. The summed E-state index contributed by atoms with van der Waals surface area (Å²) in [6, 6.07) is 7.71. The van der Waals surface area contributed by atoms with Crippen LogP contribution in [0.25, 0.3) is 0 Å². The molecule has 0 saturated heterocycles. The minimum Gasteiger partial charge on any atom is -0.494 e. The quantitative estimate of drug-likeness (QED) is 0.499. The molecule has 0 spiro atoms. The van der Waals surface area contributed by atoms with Crippen molar-refractivity contribution in [1.29, 1.82) is 0 Å². The van der Waals surface area contributed by atoms with E-state index in [4.69, 9.17) is 14.6 Å². The van der Waals surface area contributed by atoms with E-state index >= 15 is 0 Å². The lowest BCUT2D eigenvalue weighted by Gasteiger charge is -2.19. The Kier molecular flexibility index (Phi) is 8.99. The number of ether oxygens (including phenoxy) is 2. The van der Waals surface area contributed by atoms with Crippen LogP contribution in [0.3, 0.4) is 0 Å². The standard InChI is InChI=1S/C19H29NO5/c1-19(2,3)25-18(23)14-20-17(22)7-5-13-24-16-10-8-15(9-11-16)6-4-12-21/h8-11,21H,4-7,12-14H2,1-3H3,(H,20,22). The van der Waals surface area contributed by atoms with Crippen LogP contribution in [-0.2, 0) is 20.7 Å². The van der Waals surface area contributed by atoms with Crippen LogP contribution in [0, 0.1) is 0 Å². The minimum absolute atomic E-state index is 0.119. The van der Waals surface area contributed by atoms with Gasteiger partial charge in [-0.1, -0.05) is 12.1 Å². The Hall–Kier alpha value is -2.08. The monoisotopic (exact) mass is 351 g/mol. The maximum Gasteiger partial charge on any atom is 0.325 e. The summed E-state index contributed by atoms with van der Waals surface area (Å²) in [5, 5.41) is 11.3. The number of aryl methyl sites for hydroxylation is 1. The van der Waals surface area contributed by atoms with Gasteiger partial charge in [-0.25, -0.2) is 0 Å². The molecule has 0 aliphatic heterocycles. The fourth-order valence-electron chi connectivity index (χ4n) is 2.10. The topological polar surface area (TPSA) is 84.9 Å². The number of hydrogen-bond acceptors (Lipinski definition) is 5. The third kappa shape index (κ3) is 10.4. The molecular formula is C19H29NO5. The van der Waals surface area contributed by atoms with Crippen molar-refractivity contribution in [1.82, 2.24) is 5.32 Å². The maximum atomic E-state index is 11.7. The predicted octanol–water partition coefficient (Wildman–Crippen LogP) is 2.23. The Morgan fingerprint density at radius 1 is 1.12 bits per heavy atom. The van der Waals surface area contributed by atoms with E-state index in [0.29, 0.717) is 13.0 Å². The highest BCUT2D eigenvalue weighted by Crippen LogP contribution is 2.13. The van der Waals surface area contributed by atoms with E-state index in [1.807, 2.05) is 24.3 Å². The van der Waals surface area contributed by atoms with Gasteiger partial charge < -0.3 is 19.9 Å². The summed E-state index contributed by atoms with van der Waals surface area (Å²) in [5.41, 5.74) is 0.603. The molecule has 0 fully saturated rings. The number of amides is 1. The average molecular weight is 351 g/mol. The van der Waals surface area contributed by atoms with E-state index in [1.165, 1.54) is 0 Å². The van der Waals surface area contributed by atoms with Gasteiger partial charge >= 0.3 is 5.97 Å². The molecule has 1 rings (SSSR count). The lowest BCUT2D eigenvalue weighted by atomic mass is 10.1. The van der Waals surface area contributed by atoms with Gasteiger partial charge in [0, 0.05) is 13.0 Å². The Balaban J connectivity index is 2.16. The summed E-state index contributed by atoms with van der Waals surface area (Å²) in [6.07, 6.45) is 2.44. The number of esters is 1. The molecule has 0 heterocycles. The maximum absolute atomic E-state index is 11.7. The normalized spacial score (nSPS) is 11.0. The minimum atomic E-state index is -0.552. The molecule has 0 aromatic heterocycles. The van der Waals surface area contributed by atoms with Crippen molar-refractivity contribution < 1.29 is 24.2 Å². The summed E-state index contributed by atoms with van der Waals surface area (Å²) in [4.78, 5) is 23.2. The van der Waals surface area contributed by atoms with Crippen molar-refractivity contribution in [3.05, 3.63) is 29.8 Å². The summed E-state index contributed by atoms with van der Waals surface area (Å²) < 4.78 is 10.7. The van der Waals surface area contributed by atoms with Gasteiger partial charge in [0.1, 0.15) is 17.9 Å². The zero-order valence-corrected chi connectivity index (χ0v) is 15.3. The molecule has 0 unspecified atom stereocenters. The van der Waals surface area contributed by atoms with Crippen LogP contribution in [0.1, 0.15) is 45.6 Å². The number of benzene rings is 1. The number of aliphatic hydroxyl groups excluding tert-OH is 1. The molecular weight excluding hydrogens is 322 g/mol. The first-order valence-corrected chi connectivity index (χ1v) is 8.61. The van der Waals surface area contributed by atoms with E-state index < -0.39 is 11.6 Å². The highest BCUT2D eigenvalue weighted by Gasteiger charge is 2.16. The second-order valence-corrected chi connectivity index (χ2v) is 6.79. The number of aliphatic hydroxyl groups is 1. The van der Waals surface area contributed by atoms with Gasteiger partial charge in [-0.3, -0.25) is 9.59 Å². The highest BCUT2D eigenvalue weighted by atomic mass is 16.6. The van der Waals surface area contributed by atoms with Crippen LogP contribution in [0.15, 0.2) is 24.3 Å². The second kappa shape index (κ2) is 10.7. The van der Waals surface area contributed by atoms with E-state index in [9.17, 15) is 9.59 Å². The summed E-state index contributed by atoms with van der Waals surface area (Å²) in [5.74, 6) is 0.106. The predicted molar refractivity (Wildman–Crippen MR) is 95.4 cm³/mol. The first-order valence-electron chi connectivity index (χ1n) is 8.61. The Morgan fingerprint density at radius 2 is 1.80 bits per heavy atom. The largest absolute Gasteiger partial charge is 0.494 e. The molecule has 0 radical (unpaired) electrons. The van der Waals surface area contributed by atoms with E-state index in [1.54, 1.807) is 20.8 Å². The van der Waals surface area contributed by atoms with Gasteiger partial charge in [0.15, 0.2) is 0 Å². The molecule has 0 atom stereocenters. The van der Waals surface area contributed by atoms with Crippen LogP contribution in [0.4, 0.5) is 0 Å². The fraction of sp³-hybridized carbons (Fsp3) is 0.579. The van der Waals surface area contributed by atoms with Gasteiger partial charge in [-0.05, 0) is 57.7 Å².